The minimum absolute atomic E-state index is 0.0486. The van der Waals surface area contributed by atoms with Crippen LogP contribution in [0.1, 0.15) is 23.6 Å². The lowest BCUT2D eigenvalue weighted by Gasteiger charge is -2.27. The SMILES string of the molecule is NC[C@H](c1ccc(OCc2ccccc2)cc1)N1CC[C@H](C(=O)O)C1. The normalized spacial score (nSPS) is 18.8. The molecule has 132 valence electrons. The summed E-state index contributed by atoms with van der Waals surface area (Å²) in [4.78, 5) is 13.3. The van der Waals surface area contributed by atoms with Crippen molar-refractivity contribution in [3.63, 3.8) is 0 Å². The van der Waals surface area contributed by atoms with E-state index in [2.05, 4.69) is 4.90 Å². The maximum atomic E-state index is 11.2. The molecule has 5 nitrogen and oxygen atoms in total. The number of ether oxygens (including phenoxy) is 1. The van der Waals surface area contributed by atoms with Crippen molar-refractivity contribution in [3.8, 4) is 5.75 Å². The molecule has 0 bridgehead atoms. The highest BCUT2D eigenvalue weighted by Gasteiger charge is 2.32. The van der Waals surface area contributed by atoms with Gasteiger partial charge in [-0.15, -0.1) is 0 Å². The molecule has 1 heterocycles. The van der Waals surface area contributed by atoms with Gasteiger partial charge in [0.2, 0.25) is 0 Å². The summed E-state index contributed by atoms with van der Waals surface area (Å²) in [5, 5.41) is 9.17. The van der Waals surface area contributed by atoms with E-state index in [-0.39, 0.29) is 12.0 Å². The Morgan fingerprint density at radius 3 is 2.52 bits per heavy atom. The zero-order chi connectivity index (χ0) is 17.6. The molecule has 0 spiro atoms. The molecule has 0 amide bonds. The van der Waals surface area contributed by atoms with E-state index in [0.717, 1.165) is 23.4 Å². The molecule has 1 aliphatic heterocycles. The average Bonchev–Trinajstić information content (AvgIpc) is 3.13. The first kappa shape index (κ1) is 17.5. The lowest BCUT2D eigenvalue weighted by Crippen LogP contribution is -2.32. The van der Waals surface area contributed by atoms with Crippen LogP contribution in [0.4, 0.5) is 0 Å². The van der Waals surface area contributed by atoms with Gasteiger partial charge in [-0.3, -0.25) is 9.69 Å². The van der Waals surface area contributed by atoms with Crippen molar-refractivity contribution < 1.29 is 14.6 Å². The fraction of sp³-hybridized carbons (Fsp3) is 0.350. The van der Waals surface area contributed by atoms with Crippen LogP contribution in [0.2, 0.25) is 0 Å². The van der Waals surface area contributed by atoms with Crippen molar-refractivity contribution >= 4 is 5.97 Å². The van der Waals surface area contributed by atoms with Gasteiger partial charge in [-0.25, -0.2) is 0 Å². The summed E-state index contributed by atoms with van der Waals surface area (Å²) in [7, 11) is 0. The van der Waals surface area contributed by atoms with Gasteiger partial charge >= 0.3 is 5.97 Å². The Kier molecular flexibility index (Phi) is 5.68. The molecule has 1 saturated heterocycles. The van der Waals surface area contributed by atoms with Crippen LogP contribution in [0.5, 0.6) is 5.75 Å². The Labute approximate surface area is 148 Å². The van der Waals surface area contributed by atoms with Crippen LogP contribution in [-0.2, 0) is 11.4 Å². The van der Waals surface area contributed by atoms with Gasteiger partial charge in [-0.05, 0) is 36.2 Å². The van der Waals surface area contributed by atoms with Crippen molar-refractivity contribution in [1.82, 2.24) is 4.90 Å². The molecule has 0 aliphatic carbocycles. The Bertz CT molecular complexity index is 688. The Hall–Kier alpha value is -2.37. The number of rotatable bonds is 7. The Morgan fingerprint density at radius 1 is 1.20 bits per heavy atom. The second-order valence-electron chi connectivity index (χ2n) is 6.41. The van der Waals surface area contributed by atoms with Gasteiger partial charge in [0.05, 0.1) is 5.92 Å². The first-order valence-corrected chi connectivity index (χ1v) is 8.61. The molecular formula is C20H24N2O3. The van der Waals surface area contributed by atoms with Gasteiger partial charge in [0, 0.05) is 19.1 Å². The fourth-order valence-electron chi connectivity index (χ4n) is 3.30. The quantitative estimate of drug-likeness (QED) is 0.810. The number of hydrogen-bond acceptors (Lipinski definition) is 4. The van der Waals surface area contributed by atoms with Gasteiger partial charge in [0.15, 0.2) is 0 Å². The van der Waals surface area contributed by atoms with Crippen LogP contribution in [0.3, 0.4) is 0 Å². The summed E-state index contributed by atoms with van der Waals surface area (Å²) < 4.78 is 5.81. The van der Waals surface area contributed by atoms with E-state index < -0.39 is 5.97 Å². The van der Waals surface area contributed by atoms with Crippen molar-refractivity contribution in [2.24, 2.45) is 11.7 Å². The molecule has 2 atom stereocenters. The van der Waals surface area contributed by atoms with E-state index in [0.29, 0.717) is 26.1 Å². The monoisotopic (exact) mass is 340 g/mol. The second kappa shape index (κ2) is 8.14. The van der Waals surface area contributed by atoms with Crippen molar-refractivity contribution in [1.29, 1.82) is 0 Å². The Morgan fingerprint density at radius 2 is 1.92 bits per heavy atom. The van der Waals surface area contributed by atoms with Gasteiger partial charge in [0.1, 0.15) is 12.4 Å². The number of nitrogens with two attached hydrogens (primary N) is 1. The molecule has 0 unspecified atom stereocenters. The first-order chi connectivity index (χ1) is 12.2. The predicted octanol–water partition coefficient (Wildman–Crippen LogP) is 2.67. The lowest BCUT2D eigenvalue weighted by molar-refractivity contribution is -0.141. The molecule has 0 radical (unpaired) electrons. The van der Waals surface area contributed by atoms with Crippen LogP contribution in [0.25, 0.3) is 0 Å². The molecule has 0 aromatic heterocycles. The standard InChI is InChI=1S/C20H24N2O3/c21-12-19(22-11-10-17(13-22)20(23)24)16-6-8-18(9-7-16)25-14-15-4-2-1-3-5-15/h1-9,17,19H,10-14,21H2,(H,23,24)/t17-,19+/m0/s1. The molecule has 3 N–H and O–H groups in total. The van der Waals surface area contributed by atoms with E-state index in [1.807, 2.05) is 54.6 Å². The number of nitrogens with zero attached hydrogens (tertiary/aromatic N) is 1. The zero-order valence-electron chi connectivity index (χ0n) is 14.2. The van der Waals surface area contributed by atoms with Crippen molar-refractivity contribution in [3.05, 3.63) is 65.7 Å². The minimum Gasteiger partial charge on any atom is -0.489 e. The number of carboxylic acids is 1. The highest BCUT2D eigenvalue weighted by atomic mass is 16.5. The number of aliphatic carboxylic acids is 1. The highest BCUT2D eigenvalue weighted by Crippen LogP contribution is 2.28. The molecule has 0 saturated carbocycles. The topological polar surface area (TPSA) is 75.8 Å². The molecule has 2 aromatic rings. The van der Waals surface area contributed by atoms with E-state index in [1.54, 1.807) is 0 Å². The number of likely N-dealkylation sites (tertiary alicyclic amines) is 1. The molecule has 25 heavy (non-hydrogen) atoms. The summed E-state index contributed by atoms with van der Waals surface area (Å²) in [6, 6.07) is 18.0. The minimum atomic E-state index is -0.720. The lowest BCUT2D eigenvalue weighted by atomic mass is 10.1. The predicted molar refractivity (Wildman–Crippen MR) is 96.3 cm³/mol. The fourth-order valence-corrected chi connectivity index (χ4v) is 3.30. The summed E-state index contributed by atoms with van der Waals surface area (Å²) in [6.07, 6.45) is 0.685. The maximum absolute atomic E-state index is 11.2. The van der Waals surface area contributed by atoms with Crippen LogP contribution in [0, 0.1) is 5.92 Å². The molecular weight excluding hydrogens is 316 g/mol. The summed E-state index contributed by atoms with van der Waals surface area (Å²) >= 11 is 0. The summed E-state index contributed by atoms with van der Waals surface area (Å²) in [5.41, 5.74) is 8.18. The summed E-state index contributed by atoms with van der Waals surface area (Å²) in [6.45, 7) is 2.33. The van der Waals surface area contributed by atoms with Gasteiger partial charge in [-0.2, -0.15) is 0 Å². The van der Waals surface area contributed by atoms with Crippen LogP contribution < -0.4 is 10.5 Å². The van der Waals surface area contributed by atoms with Crippen LogP contribution in [-0.4, -0.2) is 35.6 Å². The van der Waals surface area contributed by atoms with E-state index in [9.17, 15) is 9.90 Å². The van der Waals surface area contributed by atoms with E-state index >= 15 is 0 Å². The molecule has 1 fully saturated rings. The van der Waals surface area contributed by atoms with Crippen molar-refractivity contribution in [2.45, 2.75) is 19.1 Å². The largest absolute Gasteiger partial charge is 0.489 e. The maximum Gasteiger partial charge on any atom is 0.307 e. The molecule has 2 aromatic carbocycles. The second-order valence-corrected chi connectivity index (χ2v) is 6.41. The molecule has 3 rings (SSSR count). The van der Waals surface area contributed by atoms with Gasteiger partial charge in [0.25, 0.3) is 0 Å². The van der Waals surface area contributed by atoms with Crippen LogP contribution in [0.15, 0.2) is 54.6 Å². The highest BCUT2D eigenvalue weighted by molar-refractivity contribution is 5.70. The summed E-state index contributed by atoms with van der Waals surface area (Å²) in [5.74, 6) is -0.196. The van der Waals surface area contributed by atoms with Crippen molar-refractivity contribution in [2.75, 3.05) is 19.6 Å². The number of carbonyl (C=O) groups is 1. The Balaban J connectivity index is 1.61. The smallest absolute Gasteiger partial charge is 0.307 e. The van der Waals surface area contributed by atoms with Crippen LogP contribution >= 0.6 is 0 Å². The van der Waals surface area contributed by atoms with E-state index in [4.69, 9.17) is 10.5 Å². The zero-order valence-corrected chi connectivity index (χ0v) is 14.2. The van der Waals surface area contributed by atoms with Gasteiger partial charge in [-0.1, -0.05) is 42.5 Å². The molecule has 1 aliphatic rings. The molecule has 5 heteroatoms. The third-order valence-corrected chi connectivity index (χ3v) is 4.75. The van der Waals surface area contributed by atoms with E-state index in [1.165, 1.54) is 0 Å². The number of carboxylic acid groups (broad SMARTS) is 1. The number of benzene rings is 2. The first-order valence-electron chi connectivity index (χ1n) is 8.61. The third kappa shape index (κ3) is 4.38. The third-order valence-electron chi connectivity index (χ3n) is 4.75. The van der Waals surface area contributed by atoms with Gasteiger partial charge < -0.3 is 15.6 Å². The number of hydrogen-bond donors (Lipinski definition) is 2. The average molecular weight is 340 g/mol.